The third-order valence-corrected chi connectivity index (χ3v) is 16.1. The molecule has 2 aliphatic heterocycles. The first-order valence-electron chi connectivity index (χ1n) is 24.3. The fourth-order valence-corrected chi connectivity index (χ4v) is 12.4. The average Bonchev–Trinajstić information content (AvgIpc) is 4.21. The Labute approximate surface area is 416 Å². The van der Waals surface area contributed by atoms with Gasteiger partial charge in [0.05, 0.1) is 45.5 Å². The molecule has 3 aliphatic rings. The molecule has 4 N–H and O–H groups in total. The van der Waals surface area contributed by atoms with Crippen molar-refractivity contribution in [1.82, 2.24) is 40.4 Å². The number of carbonyl (C=O) groups is 2. The number of nitrogen functional groups attached to an aromatic ring is 1. The van der Waals surface area contributed by atoms with Crippen LogP contribution in [0.25, 0.3) is 21.8 Å². The summed E-state index contributed by atoms with van der Waals surface area (Å²) in [5, 5.41) is 32.8. The van der Waals surface area contributed by atoms with E-state index in [2.05, 4.69) is 55.3 Å². The van der Waals surface area contributed by atoms with Gasteiger partial charge in [-0.1, -0.05) is 43.3 Å². The number of aliphatic hydroxyl groups is 1. The molecule has 5 atom stereocenters. The molecule has 70 heavy (non-hydrogen) atoms. The fraction of sp³-hybridized carbons (Fsp3) is 0.490. The molecule has 0 saturated carbocycles. The molecule has 1 aromatic carbocycles. The molecule has 0 spiro atoms. The predicted octanol–water partition coefficient (Wildman–Crippen LogP) is 7.49. The lowest BCUT2D eigenvalue weighted by Crippen LogP contribution is -2.48. The number of β-amino-alcohol motifs (C(OH)–C–C–N with tert-alkyl or cyclic N) is 1. The molecule has 2 fully saturated rings. The lowest BCUT2D eigenvalue weighted by molar-refractivity contribution is -0.141. The number of benzene rings is 1. The molecule has 2 amide bonds. The number of nitrogens with zero attached hydrogens (tertiary/aromatic N) is 9. The number of ether oxygens (including phenoxy) is 1. The van der Waals surface area contributed by atoms with Crippen molar-refractivity contribution in [2.24, 2.45) is 5.92 Å². The Kier molecular flexibility index (Phi) is 14.7. The zero-order valence-corrected chi connectivity index (χ0v) is 42.0. The number of nitriles is 1. The van der Waals surface area contributed by atoms with Crippen molar-refractivity contribution >= 4 is 45.4 Å². The highest BCUT2D eigenvalue weighted by molar-refractivity contribution is 7.16. The summed E-state index contributed by atoms with van der Waals surface area (Å²) >= 11 is 3.09. The number of thiophene rings is 1. The summed E-state index contributed by atoms with van der Waals surface area (Å²) in [5.41, 5.74) is 13.4. The highest BCUT2D eigenvalue weighted by Gasteiger charge is 2.44. The van der Waals surface area contributed by atoms with Crippen LogP contribution in [0.2, 0.25) is 0 Å². The van der Waals surface area contributed by atoms with Gasteiger partial charge in [-0.2, -0.15) is 5.26 Å². The molecule has 368 valence electrons. The fourth-order valence-electron chi connectivity index (χ4n) is 10.4. The smallest absolute Gasteiger partial charge is 0.254 e. The van der Waals surface area contributed by atoms with Crippen LogP contribution in [0.1, 0.15) is 111 Å². The van der Waals surface area contributed by atoms with Gasteiger partial charge in [0.25, 0.3) is 5.88 Å². The summed E-state index contributed by atoms with van der Waals surface area (Å²) in [6, 6.07) is 15.1. The molecule has 2 saturated heterocycles. The molecule has 7 heterocycles. The first-order chi connectivity index (χ1) is 33.8. The number of carbonyl (C=O) groups excluding carboxylic acids is 2. The Hall–Kier alpha value is -6.20. The van der Waals surface area contributed by atoms with Crippen LogP contribution in [0.15, 0.2) is 63.2 Å². The summed E-state index contributed by atoms with van der Waals surface area (Å²) in [4.78, 5) is 50.2. The maximum absolute atomic E-state index is 14.2. The number of anilines is 2. The standard InChI is InChI=1S/C51H61N11O6S2/c1-30(2)44(49(65)62-28-35(63)22-39(62)48(64)55-26-33-11-13-34(14-12-33)46-32(4)56-29-69-46)40-24-43(59-67-40)66-21-7-6-18-60-19-9-20-61(31(3)27-60)50-54-17-15-37(57-50)38-23-42(68-58-38)51(5)16-8-10-41-45(51)36(25-52)47(53)70-41/h11-15,17,23-24,29-31,35,39,44,63H,6-10,16,18-22,26-28,53H2,1-5H3,(H,55,64)/t31-,35+,39-,44?,51+/m0/s1. The number of nitrogens with one attached hydrogen (secondary N) is 1. The van der Waals surface area contributed by atoms with Crippen LogP contribution in [0.3, 0.4) is 0 Å². The van der Waals surface area contributed by atoms with Crippen molar-refractivity contribution in [1.29, 1.82) is 5.26 Å². The summed E-state index contributed by atoms with van der Waals surface area (Å²) in [7, 11) is 0. The van der Waals surface area contributed by atoms with E-state index in [0.29, 0.717) is 58.5 Å². The number of fused-ring (bicyclic) bond motifs is 1. The number of unbranched alkanes of at least 4 members (excludes halogenated alkanes) is 1. The maximum atomic E-state index is 14.2. The van der Waals surface area contributed by atoms with Crippen LogP contribution >= 0.6 is 22.7 Å². The molecule has 9 rings (SSSR count). The second-order valence-corrected chi connectivity index (χ2v) is 21.4. The zero-order chi connectivity index (χ0) is 49.1. The average molecular weight is 988 g/mol. The SMILES string of the molecule is Cc1ncsc1-c1ccc(CNC(=O)[C@@H]2C[C@@H](O)CN2C(=O)C(c2cc(OCCCCN3CCCN(c4nccc(-c5cc([C@@]6(C)CCCc7sc(N)c(C#N)c76)on5)n4)[C@@H](C)C3)no2)C(C)C)cc1. The van der Waals surface area contributed by atoms with Crippen molar-refractivity contribution in [3.63, 3.8) is 0 Å². The molecule has 1 unspecified atom stereocenters. The Balaban J connectivity index is 0.744. The minimum absolute atomic E-state index is 0.0562. The third-order valence-electron chi connectivity index (χ3n) is 14.1. The second-order valence-electron chi connectivity index (χ2n) is 19.4. The zero-order valence-electron chi connectivity index (χ0n) is 40.4. The van der Waals surface area contributed by atoms with Gasteiger partial charge in [-0.3, -0.25) is 9.59 Å². The molecule has 0 bridgehead atoms. The van der Waals surface area contributed by atoms with E-state index in [9.17, 15) is 20.0 Å². The van der Waals surface area contributed by atoms with E-state index in [4.69, 9.17) is 24.5 Å². The number of aryl methyl sites for hydroxylation is 2. The van der Waals surface area contributed by atoms with E-state index in [-0.39, 0.29) is 36.7 Å². The Morgan fingerprint density at radius 2 is 1.90 bits per heavy atom. The van der Waals surface area contributed by atoms with Gasteiger partial charge in [0, 0.05) is 61.8 Å². The van der Waals surface area contributed by atoms with Crippen molar-refractivity contribution in [3.8, 4) is 33.8 Å². The minimum Gasteiger partial charge on any atom is -0.476 e. The van der Waals surface area contributed by atoms with Gasteiger partial charge in [0.2, 0.25) is 17.8 Å². The number of hydrogen-bond donors (Lipinski definition) is 3. The Morgan fingerprint density at radius 1 is 1.07 bits per heavy atom. The second kappa shape index (κ2) is 21.0. The van der Waals surface area contributed by atoms with Gasteiger partial charge < -0.3 is 44.6 Å². The molecular weight excluding hydrogens is 927 g/mol. The van der Waals surface area contributed by atoms with Crippen LogP contribution in [-0.2, 0) is 28.0 Å². The Morgan fingerprint density at radius 3 is 2.67 bits per heavy atom. The number of amides is 2. The predicted molar refractivity (Wildman–Crippen MR) is 267 cm³/mol. The number of rotatable bonds is 16. The highest BCUT2D eigenvalue weighted by atomic mass is 32.1. The van der Waals surface area contributed by atoms with Crippen LogP contribution in [0.4, 0.5) is 10.9 Å². The van der Waals surface area contributed by atoms with Crippen molar-refractivity contribution in [3.05, 3.63) is 93.0 Å². The minimum atomic E-state index is -0.819. The normalized spacial score (nSPS) is 21.1. The molecule has 0 radical (unpaired) electrons. The van der Waals surface area contributed by atoms with Crippen molar-refractivity contribution < 1.29 is 28.5 Å². The van der Waals surface area contributed by atoms with E-state index in [0.717, 1.165) is 96.8 Å². The molecule has 6 aromatic rings. The van der Waals surface area contributed by atoms with Gasteiger partial charge in [0.1, 0.15) is 34.5 Å². The largest absolute Gasteiger partial charge is 0.476 e. The van der Waals surface area contributed by atoms with Gasteiger partial charge in [-0.15, -0.1) is 22.7 Å². The van der Waals surface area contributed by atoms with Crippen LogP contribution in [0.5, 0.6) is 5.88 Å². The first-order valence-corrected chi connectivity index (χ1v) is 26.0. The van der Waals surface area contributed by atoms with E-state index in [1.165, 1.54) is 16.2 Å². The quantitative estimate of drug-likeness (QED) is 0.0799. The van der Waals surface area contributed by atoms with Crippen LogP contribution < -0.4 is 20.7 Å². The van der Waals surface area contributed by atoms with Crippen molar-refractivity contribution in [2.45, 2.75) is 116 Å². The first kappa shape index (κ1) is 48.8. The molecule has 5 aromatic heterocycles. The topological polar surface area (TPSA) is 226 Å². The molecule has 19 heteroatoms. The van der Waals surface area contributed by atoms with Crippen molar-refractivity contribution in [2.75, 3.05) is 50.0 Å². The summed E-state index contributed by atoms with van der Waals surface area (Å²) in [6.07, 6.45) is 6.48. The van der Waals surface area contributed by atoms with Gasteiger partial charge in [-0.05, 0) is 106 Å². The summed E-state index contributed by atoms with van der Waals surface area (Å²) in [6.45, 7) is 14.4. The monoisotopic (exact) mass is 987 g/mol. The van der Waals surface area contributed by atoms with Gasteiger partial charge in [-0.25, -0.2) is 15.0 Å². The van der Waals surface area contributed by atoms with E-state index < -0.39 is 23.5 Å². The molecule has 17 nitrogen and oxygen atoms in total. The lowest BCUT2D eigenvalue weighted by Gasteiger charge is -2.31. The number of nitrogens with two attached hydrogens (primary N) is 1. The Bertz CT molecular complexity index is 2830. The van der Waals surface area contributed by atoms with E-state index in [1.807, 2.05) is 62.7 Å². The molecular formula is C51H61N11O6S2. The number of aliphatic hydroxyl groups excluding tert-OH is 1. The third kappa shape index (κ3) is 10.2. The summed E-state index contributed by atoms with van der Waals surface area (Å²) < 4.78 is 17.7. The van der Waals surface area contributed by atoms with Gasteiger partial charge >= 0.3 is 0 Å². The number of hydrogen-bond acceptors (Lipinski definition) is 17. The molecule has 1 aliphatic carbocycles. The highest BCUT2D eigenvalue weighted by Crippen LogP contribution is 2.49. The summed E-state index contributed by atoms with van der Waals surface area (Å²) in [5.74, 6) is 0.529. The van der Waals surface area contributed by atoms with Gasteiger partial charge in [0.15, 0.2) is 5.76 Å². The number of likely N-dealkylation sites (tertiary alicyclic amines) is 1. The lowest BCUT2D eigenvalue weighted by atomic mass is 9.71. The maximum Gasteiger partial charge on any atom is 0.254 e. The van der Waals surface area contributed by atoms with Crippen LogP contribution in [0, 0.1) is 24.2 Å². The van der Waals surface area contributed by atoms with E-state index in [1.54, 1.807) is 23.6 Å². The van der Waals surface area contributed by atoms with E-state index >= 15 is 0 Å². The number of aromatic nitrogens is 5. The van der Waals surface area contributed by atoms with Crippen LogP contribution in [-0.4, -0.2) is 110 Å². The number of thiazole rings is 1.